The van der Waals surface area contributed by atoms with Crippen LogP contribution in [0.5, 0.6) is 11.5 Å². The van der Waals surface area contributed by atoms with Crippen molar-refractivity contribution in [1.82, 2.24) is 29.5 Å². The summed E-state index contributed by atoms with van der Waals surface area (Å²) >= 11 is 0. The number of hydrogen-bond donors (Lipinski definition) is 0. The monoisotopic (exact) mass is 448 g/mol. The fourth-order valence-electron chi connectivity index (χ4n) is 3.39. The smallest absolute Gasteiger partial charge is 0.264 e. The van der Waals surface area contributed by atoms with E-state index in [0.29, 0.717) is 39.6 Å². The van der Waals surface area contributed by atoms with E-state index >= 15 is 0 Å². The second-order valence-electron chi connectivity index (χ2n) is 7.03. The van der Waals surface area contributed by atoms with Crippen molar-refractivity contribution in [2.24, 2.45) is 0 Å². The summed E-state index contributed by atoms with van der Waals surface area (Å²) in [5.41, 5.74) is 1.30. The Kier molecular flexibility index (Phi) is 5.05. The Labute approximate surface area is 185 Å². The highest BCUT2D eigenvalue weighted by atomic mass is 19.1. The van der Waals surface area contributed by atoms with Crippen LogP contribution in [0.1, 0.15) is 5.89 Å². The van der Waals surface area contributed by atoms with Gasteiger partial charge in [0.25, 0.3) is 5.56 Å². The van der Waals surface area contributed by atoms with Gasteiger partial charge in [0.05, 0.1) is 26.1 Å². The summed E-state index contributed by atoms with van der Waals surface area (Å²) in [6, 6.07) is 11.0. The lowest BCUT2D eigenvalue weighted by atomic mass is 10.2. The van der Waals surface area contributed by atoms with Gasteiger partial charge in [-0.1, -0.05) is 5.16 Å². The molecule has 166 valence electrons. The van der Waals surface area contributed by atoms with Crippen molar-refractivity contribution in [2.75, 3.05) is 14.2 Å². The van der Waals surface area contributed by atoms with Crippen LogP contribution < -0.4 is 15.0 Å². The minimum atomic E-state index is -0.363. The molecule has 10 nitrogen and oxygen atoms in total. The van der Waals surface area contributed by atoms with Crippen molar-refractivity contribution in [2.45, 2.75) is 6.54 Å². The first kappa shape index (κ1) is 20.4. The third kappa shape index (κ3) is 3.69. The Balaban J connectivity index is 1.43. The van der Waals surface area contributed by atoms with Gasteiger partial charge in [-0.15, -0.1) is 0 Å². The van der Waals surface area contributed by atoms with Gasteiger partial charge in [-0.05, 0) is 42.5 Å². The Hall–Kier alpha value is -4.54. The van der Waals surface area contributed by atoms with Gasteiger partial charge in [0, 0.05) is 5.56 Å². The standard InChI is InChI=1S/C22H17FN6O4/c1-31-17-8-3-13(9-18(17)32-2)20-26-19(33-27-20)11-28-12-24-21-16(22(28)30)10-25-29(21)15-6-4-14(23)5-7-15/h3-10,12H,11H2,1-2H3. The zero-order valence-electron chi connectivity index (χ0n) is 17.6. The van der Waals surface area contributed by atoms with Crippen molar-refractivity contribution in [3.05, 3.63) is 77.1 Å². The molecule has 5 aromatic rings. The molecule has 0 N–H and O–H groups in total. The summed E-state index contributed by atoms with van der Waals surface area (Å²) < 4.78 is 31.9. The number of nitrogens with zero attached hydrogens (tertiary/aromatic N) is 6. The van der Waals surface area contributed by atoms with Gasteiger partial charge in [0.1, 0.15) is 24.1 Å². The first-order valence-electron chi connectivity index (χ1n) is 9.81. The van der Waals surface area contributed by atoms with Crippen molar-refractivity contribution < 1.29 is 18.4 Å². The summed E-state index contributed by atoms with van der Waals surface area (Å²) in [6.45, 7) is 0.0315. The quantitative estimate of drug-likeness (QED) is 0.390. The number of benzene rings is 2. The second kappa shape index (κ2) is 8.19. The summed E-state index contributed by atoms with van der Waals surface area (Å²) in [5.74, 6) is 1.33. The molecule has 2 aromatic carbocycles. The average Bonchev–Trinajstić information content (AvgIpc) is 3.49. The molecule has 0 radical (unpaired) electrons. The van der Waals surface area contributed by atoms with Crippen LogP contribution in [0.2, 0.25) is 0 Å². The molecule has 0 spiro atoms. The second-order valence-corrected chi connectivity index (χ2v) is 7.03. The molecule has 0 saturated heterocycles. The summed E-state index contributed by atoms with van der Waals surface area (Å²) in [7, 11) is 3.09. The lowest BCUT2D eigenvalue weighted by Gasteiger charge is -2.07. The average molecular weight is 448 g/mol. The van der Waals surface area contributed by atoms with Crippen LogP contribution >= 0.6 is 0 Å². The van der Waals surface area contributed by atoms with E-state index in [0.717, 1.165) is 0 Å². The Morgan fingerprint density at radius 1 is 1.06 bits per heavy atom. The largest absolute Gasteiger partial charge is 0.493 e. The van der Waals surface area contributed by atoms with Crippen molar-refractivity contribution >= 4 is 11.0 Å². The molecule has 0 amide bonds. The van der Waals surface area contributed by atoms with Crippen LogP contribution in [0, 0.1) is 5.82 Å². The minimum absolute atomic E-state index is 0.0315. The number of fused-ring (bicyclic) bond motifs is 1. The van der Waals surface area contributed by atoms with Gasteiger partial charge in [-0.25, -0.2) is 14.1 Å². The number of rotatable bonds is 6. The normalized spacial score (nSPS) is 11.1. The Morgan fingerprint density at radius 2 is 1.85 bits per heavy atom. The van der Waals surface area contributed by atoms with Gasteiger partial charge in [-0.3, -0.25) is 9.36 Å². The first-order valence-corrected chi connectivity index (χ1v) is 9.81. The van der Waals surface area contributed by atoms with Crippen LogP contribution in [0.15, 0.2) is 64.3 Å². The predicted octanol–water partition coefficient (Wildman–Crippen LogP) is 2.84. The van der Waals surface area contributed by atoms with E-state index in [1.165, 1.54) is 41.0 Å². The van der Waals surface area contributed by atoms with Crippen molar-refractivity contribution in [3.8, 4) is 28.6 Å². The van der Waals surface area contributed by atoms with E-state index in [1.807, 2.05) is 0 Å². The molecule has 0 aliphatic heterocycles. The number of aromatic nitrogens is 6. The molecule has 0 saturated carbocycles. The molecule has 0 bridgehead atoms. The molecule has 0 aliphatic carbocycles. The SMILES string of the molecule is COc1ccc(-c2noc(Cn3cnc4c(cnn4-c4ccc(F)cc4)c3=O)n2)cc1OC. The molecule has 0 atom stereocenters. The molecular formula is C22H17FN6O4. The summed E-state index contributed by atoms with van der Waals surface area (Å²) in [5, 5.41) is 8.52. The molecule has 5 rings (SSSR count). The number of methoxy groups -OCH3 is 2. The molecule has 0 unspecified atom stereocenters. The lowest BCUT2D eigenvalue weighted by molar-refractivity contribution is 0.355. The van der Waals surface area contributed by atoms with Crippen molar-refractivity contribution in [1.29, 1.82) is 0 Å². The van der Waals surface area contributed by atoms with Gasteiger partial charge in [0.2, 0.25) is 11.7 Å². The Bertz CT molecular complexity index is 1510. The van der Waals surface area contributed by atoms with Crippen LogP contribution in [-0.4, -0.2) is 43.7 Å². The lowest BCUT2D eigenvalue weighted by Crippen LogP contribution is -2.21. The van der Waals surface area contributed by atoms with Crippen molar-refractivity contribution in [3.63, 3.8) is 0 Å². The van der Waals surface area contributed by atoms with Crippen LogP contribution in [0.3, 0.4) is 0 Å². The van der Waals surface area contributed by atoms with Gasteiger partial charge in [-0.2, -0.15) is 10.1 Å². The van der Waals surface area contributed by atoms with E-state index in [2.05, 4.69) is 20.2 Å². The van der Waals surface area contributed by atoms with Crippen LogP contribution in [-0.2, 0) is 6.54 Å². The maximum absolute atomic E-state index is 13.2. The molecule has 0 fully saturated rings. The van der Waals surface area contributed by atoms with Gasteiger partial charge in [0.15, 0.2) is 17.1 Å². The Morgan fingerprint density at radius 3 is 2.61 bits per heavy atom. The van der Waals surface area contributed by atoms with E-state index in [1.54, 1.807) is 37.4 Å². The molecule has 0 aliphatic rings. The van der Waals surface area contributed by atoms with Crippen LogP contribution in [0.25, 0.3) is 28.1 Å². The number of halogens is 1. The number of ether oxygens (including phenoxy) is 2. The number of hydrogen-bond acceptors (Lipinski definition) is 8. The van der Waals surface area contributed by atoms with Gasteiger partial charge < -0.3 is 14.0 Å². The third-order valence-electron chi connectivity index (χ3n) is 5.04. The van der Waals surface area contributed by atoms with E-state index in [9.17, 15) is 9.18 Å². The molecule has 11 heteroatoms. The zero-order chi connectivity index (χ0) is 22.9. The van der Waals surface area contributed by atoms with Gasteiger partial charge >= 0.3 is 0 Å². The highest BCUT2D eigenvalue weighted by Crippen LogP contribution is 2.31. The highest BCUT2D eigenvalue weighted by molar-refractivity contribution is 5.74. The maximum Gasteiger partial charge on any atom is 0.264 e. The topological polar surface area (TPSA) is 110 Å². The van der Waals surface area contributed by atoms with E-state index in [4.69, 9.17) is 14.0 Å². The molecular weight excluding hydrogens is 431 g/mol. The highest BCUT2D eigenvalue weighted by Gasteiger charge is 2.15. The molecule has 3 aromatic heterocycles. The van der Waals surface area contributed by atoms with E-state index < -0.39 is 0 Å². The van der Waals surface area contributed by atoms with E-state index in [-0.39, 0.29) is 23.8 Å². The predicted molar refractivity (Wildman–Crippen MR) is 115 cm³/mol. The van der Waals surface area contributed by atoms with Crippen LogP contribution in [0.4, 0.5) is 4.39 Å². The summed E-state index contributed by atoms with van der Waals surface area (Å²) in [6.07, 6.45) is 2.81. The minimum Gasteiger partial charge on any atom is -0.493 e. The fourth-order valence-corrected chi connectivity index (χ4v) is 3.39. The molecule has 3 heterocycles. The maximum atomic E-state index is 13.2. The molecule has 33 heavy (non-hydrogen) atoms. The third-order valence-corrected chi connectivity index (χ3v) is 5.04. The fraction of sp³-hybridized carbons (Fsp3) is 0.136. The zero-order valence-corrected chi connectivity index (χ0v) is 17.6. The summed E-state index contributed by atoms with van der Waals surface area (Å²) in [4.78, 5) is 21.7. The first-order chi connectivity index (χ1) is 16.1.